The molecule has 0 fully saturated rings. The number of unbranched alkanes of at least 4 members (excludes halogenated alkanes) is 1. The summed E-state index contributed by atoms with van der Waals surface area (Å²) in [5.74, 6) is 1.23. The lowest BCUT2D eigenvalue weighted by atomic mass is 10.4. The average Bonchev–Trinajstić information content (AvgIpc) is 2.40. The molecule has 0 bridgehead atoms. The molecule has 108 valence electrons. The van der Waals surface area contributed by atoms with Crippen LogP contribution in [0.25, 0.3) is 0 Å². The molecule has 0 saturated carbocycles. The van der Waals surface area contributed by atoms with Crippen LogP contribution in [0.3, 0.4) is 0 Å². The molecular weight excluding hydrogens is 242 g/mol. The zero-order chi connectivity index (χ0) is 13.9. The van der Waals surface area contributed by atoms with Crippen LogP contribution in [0.15, 0.2) is 6.07 Å². The number of hydrogen-bond donors (Lipinski definition) is 1. The lowest BCUT2D eigenvalue weighted by Crippen LogP contribution is -2.13. The Hall–Kier alpha value is -1.36. The smallest absolute Gasteiger partial charge is 0.226 e. The van der Waals surface area contributed by atoms with Crippen molar-refractivity contribution in [2.75, 3.05) is 31.7 Å². The summed E-state index contributed by atoms with van der Waals surface area (Å²) >= 11 is 0. The Labute approximate surface area is 115 Å². The summed E-state index contributed by atoms with van der Waals surface area (Å²) in [5.41, 5.74) is 0.899. The highest BCUT2D eigenvalue weighted by molar-refractivity contribution is 5.30. The number of aromatic nitrogens is 2. The van der Waals surface area contributed by atoms with Crippen molar-refractivity contribution in [1.29, 1.82) is 0 Å². The lowest BCUT2D eigenvalue weighted by molar-refractivity contribution is 0.141. The van der Waals surface area contributed by atoms with Crippen LogP contribution in [0, 0.1) is 6.92 Å². The van der Waals surface area contributed by atoms with E-state index in [1.807, 2.05) is 13.0 Å². The van der Waals surface area contributed by atoms with Crippen molar-refractivity contribution in [1.82, 2.24) is 9.97 Å². The molecule has 0 saturated heterocycles. The van der Waals surface area contributed by atoms with Gasteiger partial charge in [0, 0.05) is 24.9 Å². The molecule has 0 aliphatic rings. The molecule has 1 aromatic rings. The molecule has 1 heterocycles. The molecule has 1 aromatic heterocycles. The molecule has 0 spiro atoms. The SMILES string of the molecule is CCCCOCCNc1nc(C)cc(OCCC)n1. The number of aryl methyl sites for hydroxylation is 1. The van der Waals surface area contributed by atoms with Crippen molar-refractivity contribution in [2.45, 2.75) is 40.0 Å². The maximum atomic E-state index is 5.51. The summed E-state index contributed by atoms with van der Waals surface area (Å²) in [7, 11) is 0. The number of hydrogen-bond acceptors (Lipinski definition) is 5. The van der Waals surface area contributed by atoms with Crippen LogP contribution < -0.4 is 10.1 Å². The van der Waals surface area contributed by atoms with Gasteiger partial charge in [-0.25, -0.2) is 4.98 Å². The molecule has 0 atom stereocenters. The van der Waals surface area contributed by atoms with E-state index in [0.29, 0.717) is 31.6 Å². The Balaban J connectivity index is 2.34. The zero-order valence-corrected chi connectivity index (χ0v) is 12.2. The van der Waals surface area contributed by atoms with Crippen molar-refractivity contribution >= 4 is 5.95 Å². The summed E-state index contributed by atoms with van der Waals surface area (Å²) < 4.78 is 11.0. The Morgan fingerprint density at radius 3 is 2.68 bits per heavy atom. The molecule has 1 N–H and O–H groups in total. The molecule has 0 unspecified atom stereocenters. The zero-order valence-electron chi connectivity index (χ0n) is 12.2. The number of nitrogens with zero attached hydrogens (tertiary/aromatic N) is 2. The van der Waals surface area contributed by atoms with Gasteiger partial charge in [0.05, 0.1) is 13.2 Å². The van der Waals surface area contributed by atoms with Gasteiger partial charge in [-0.05, 0) is 19.8 Å². The highest BCUT2D eigenvalue weighted by Crippen LogP contribution is 2.11. The van der Waals surface area contributed by atoms with E-state index in [-0.39, 0.29) is 0 Å². The fourth-order valence-corrected chi connectivity index (χ4v) is 1.48. The summed E-state index contributed by atoms with van der Waals surface area (Å²) in [4.78, 5) is 8.62. The first kappa shape index (κ1) is 15.7. The number of rotatable bonds is 10. The van der Waals surface area contributed by atoms with Gasteiger partial charge in [0.1, 0.15) is 0 Å². The van der Waals surface area contributed by atoms with Gasteiger partial charge in [0.25, 0.3) is 0 Å². The predicted molar refractivity (Wildman–Crippen MR) is 76.8 cm³/mol. The predicted octanol–water partition coefficient (Wildman–Crippen LogP) is 2.80. The first-order chi connectivity index (χ1) is 9.26. The highest BCUT2D eigenvalue weighted by atomic mass is 16.5. The second-order valence-electron chi connectivity index (χ2n) is 4.41. The topological polar surface area (TPSA) is 56.3 Å². The first-order valence-electron chi connectivity index (χ1n) is 7.06. The summed E-state index contributed by atoms with van der Waals surface area (Å²) in [5, 5.41) is 3.15. The Bertz CT molecular complexity index is 359. The van der Waals surface area contributed by atoms with Gasteiger partial charge in [0.2, 0.25) is 11.8 Å². The van der Waals surface area contributed by atoms with Gasteiger partial charge in [-0.15, -0.1) is 0 Å². The molecule has 1 rings (SSSR count). The summed E-state index contributed by atoms with van der Waals surface area (Å²) in [6, 6.07) is 1.85. The lowest BCUT2D eigenvalue weighted by Gasteiger charge is -2.09. The third-order valence-electron chi connectivity index (χ3n) is 2.46. The molecule has 0 aromatic carbocycles. The molecule has 0 amide bonds. The molecular formula is C14H25N3O2. The quantitative estimate of drug-likeness (QED) is 0.661. The van der Waals surface area contributed by atoms with Crippen LogP contribution in [0.5, 0.6) is 5.88 Å². The van der Waals surface area contributed by atoms with Crippen molar-refractivity contribution in [3.63, 3.8) is 0 Å². The second kappa shape index (κ2) is 9.55. The number of nitrogens with one attached hydrogen (secondary N) is 1. The van der Waals surface area contributed by atoms with Crippen LogP contribution >= 0.6 is 0 Å². The van der Waals surface area contributed by atoms with E-state index in [0.717, 1.165) is 31.6 Å². The maximum Gasteiger partial charge on any atom is 0.226 e. The first-order valence-corrected chi connectivity index (χ1v) is 7.06. The number of anilines is 1. The average molecular weight is 267 g/mol. The third-order valence-corrected chi connectivity index (χ3v) is 2.46. The standard InChI is InChI=1S/C14H25N3O2/c1-4-6-9-18-10-7-15-14-16-12(3)11-13(17-14)19-8-5-2/h11H,4-10H2,1-3H3,(H,15,16,17). The minimum Gasteiger partial charge on any atom is -0.478 e. The summed E-state index contributed by atoms with van der Waals surface area (Å²) in [6.45, 7) is 9.03. The van der Waals surface area contributed by atoms with Crippen LogP contribution in [0.1, 0.15) is 38.8 Å². The van der Waals surface area contributed by atoms with E-state index in [1.54, 1.807) is 0 Å². The van der Waals surface area contributed by atoms with Gasteiger partial charge in [0.15, 0.2) is 0 Å². The van der Waals surface area contributed by atoms with Gasteiger partial charge in [-0.3, -0.25) is 0 Å². The molecule has 0 aliphatic heterocycles. The minimum absolute atomic E-state index is 0.602. The van der Waals surface area contributed by atoms with E-state index in [1.165, 1.54) is 0 Å². The van der Waals surface area contributed by atoms with E-state index in [9.17, 15) is 0 Å². The molecule has 0 radical (unpaired) electrons. The molecule has 19 heavy (non-hydrogen) atoms. The van der Waals surface area contributed by atoms with Crippen LogP contribution in [0.4, 0.5) is 5.95 Å². The van der Waals surface area contributed by atoms with E-state index in [2.05, 4.69) is 29.1 Å². The summed E-state index contributed by atoms with van der Waals surface area (Å²) in [6.07, 6.45) is 3.24. The minimum atomic E-state index is 0.602. The highest BCUT2D eigenvalue weighted by Gasteiger charge is 2.02. The van der Waals surface area contributed by atoms with Crippen molar-refractivity contribution in [3.05, 3.63) is 11.8 Å². The van der Waals surface area contributed by atoms with E-state index < -0.39 is 0 Å². The van der Waals surface area contributed by atoms with E-state index >= 15 is 0 Å². The van der Waals surface area contributed by atoms with Crippen molar-refractivity contribution < 1.29 is 9.47 Å². The largest absolute Gasteiger partial charge is 0.478 e. The van der Waals surface area contributed by atoms with Crippen molar-refractivity contribution in [3.8, 4) is 5.88 Å². The van der Waals surface area contributed by atoms with Gasteiger partial charge >= 0.3 is 0 Å². The van der Waals surface area contributed by atoms with Gasteiger partial charge in [-0.2, -0.15) is 4.98 Å². The fraction of sp³-hybridized carbons (Fsp3) is 0.714. The van der Waals surface area contributed by atoms with Gasteiger partial charge in [-0.1, -0.05) is 20.3 Å². The normalized spacial score (nSPS) is 10.5. The van der Waals surface area contributed by atoms with Crippen LogP contribution in [0.2, 0.25) is 0 Å². The fourth-order valence-electron chi connectivity index (χ4n) is 1.48. The van der Waals surface area contributed by atoms with Crippen molar-refractivity contribution in [2.24, 2.45) is 0 Å². The Morgan fingerprint density at radius 2 is 1.95 bits per heavy atom. The molecule has 5 nitrogen and oxygen atoms in total. The molecule has 0 aliphatic carbocycles. The van der Waals surface area contributed by atoms with Crippen LogP contribution in [-0.2, 0) is 4.74 Å². The van der Waals surface area contributed by atoms with Crippen LogP contribution in [-0.4, -0.2) is 36.3 Å². The number of ether oxygens (including phenoxy) is 2. The Morgan fingerprint density at radius 1 is 1.11 bits per heavy atom. The second-order valence-corrected chi connectivity index (χ2v) is 4.41. The Kier molecular flexibility index (Phi) is 7.89. The third kappa shape index (κ3) is 6.96. The van der Waals surface area contributed by atoms with Gasteiger partial charge < -0.3 is 14.8 Å². The van der Waals surface area contributed by atoms with E-state index in [4.69, 9.17) is 9.47 Å². The molecule has 5 heteroatoms. The maximum absolute atomic E-state index is 5.51. The monoisotopic (exact) mass is 267 g/mol.